The Morgan fingerprint density at radius 2 is 2.37 bits per heavy atom. The molecular formula is C14H20N2O2S. The third kappa shape index (κ3) is 3.64. The zero-order chi connectivity index (χ0) is 13.7. The minimum absolute atomic E-state index is 0.159. The SMILES string of the molecule is CCOCCCC(=O)N1CCSc2ccc(N)cc21. The number of thioether (sulfide) groups is 1. The van der Waals surface area contributed by atoms with Crippen LogP contribution >= 0.6 is 11.8 Å². The minimum atomic E-state index is 0.159. The molecule has 0 spiro atoms. The molecule has 0 aromatic heterocycles. The minimum Gasteiger partial charge on any atom is -0.399 e. The Balaban J connectivity index is 2.02. The van der Waals surface area contributed by atoms with Gasteiger partial charge in [0.15, 0.2) is 0 Å². The third-order valence-electron chi connectivity index (χ3n) is 3.03. The van der Waals surface area contributed by atoms with E-state index < -0.39 is 0 Å². The van der Waals surface area contributed by atoms with Crippen molar-refractivity contribution in [3.63, 3.8) is 0 Å². The second-order valence-electron chi connectivity index (χ2n) is 4.42. The molecular weight excluding hydrogens is 260 g/mol. The summed E-state index contributed by atoms with van der Waals surface area (Å²) in [5.74, 6) is 1.10. The van der Waals surface area contributed by atoms with Crippen LogP contribution in [0.1, 0.15) is 19.8 Å². The lowest BCUT2D eigenvalue weighted by Crippen LogP contribution is -2.35. The molecule has 0 radical (unpaired) electrons. The normalized spacial score (nSPS) is 14.3. The standard InChI is InChI=1S/C14H20N2O2S/c1-2-18-8-3-4-14(17)16-7-9-19-13-6-5-11(15)10-12(13)16/h5-6,10H,2-4,7-9,15H2,1H3. The number of nitrogens with two attached hydrogens (primary N) is 1. The quantitative estimate of drug-likeness (QED) is 0.665. The van der Waals surface area contributed by atoms with Crippen LogP contribution in [0.2, 0.25) is 0 Å². The van der Waals surface area contributed by atoms with Crippen LogP contribution in [-0.2, 0) is 9.53 Å². The van der Waals surface area contributed by atoms with E-state index in [9.17, 15) is 4.79 Å². The molecule has 104 valence electrons. The zero-order valence-corrected chi connectivity index (χ0v) is 12.0. The highest BCUT2D eigenvalue weighted by molar-refractivity contribution is 7.99. The van der Waals surface area contributed by atoms with Crippen LogP contribution < -0.4 is 10.6 Å². The molecule has 0 atom stereocenters. The zero-order valence-electron chi connectivity index (χ0n) is 11.2. The van der Waals surface area contributed by atoms with Gasteiger partial charge in [-0.3, -0.25) is 4.79 Å². The van der Waals surface area contributed by atoms with Crippen LogP contribution in [0.4, 0.5) is 11.4 Å². The molecule has 2 rings (SSSR count). The van der Waals surface area contributed by atoms with Crippen molar-refractivity contribution >= 4 is 29.0 Å². The van der Waals surface area contributed by atoms with E-state index in [-0.39, 0.29) is 5.91 Å². The number of nitrogens with zero attached hydrogens (tertiary/aromatic N) is 1. The molecule has 0 saturated carbocycles. The fourth-order valence-electron chi connectivity index (χ4n) is 2.10. The average molecular weight is 280 g/mol. The lowest BCUT2D eigenvalue weighted by atomic mass is 10.2. The van der Waals surface area contributed by atoms with E-state index in [2.05, 4.69) is 0 Å². The molecule has 0 unspecified atom stereocenters. The van der Waals surface area contributed by atoms with Crippen LogP contribution in [0.3, 0.4) is 0 Å². The molecule has 0 bridgehead atoms. The van der Waals surface area contributed by atoms with Crippen molar-refractivity contribution in [1.29, 1.82) is 0 Å². The first-order chi connectivity index (χ1) is 9.22. The van der Waals surface area contributed by atoms with Crippen LogP contribution in [0.5, 0.6) is 0 Å². The summed E-state index contributed by atoms with van der Waals surface area (Å²) in [5.41, 5.74) is 7.48. The number of hydrogen-bond acceptors (Lipinski definition) is 4. The Hall–Kier alpha value is -1.20. The lowest BCUT2D eigenvalue weighted by Gasteiger charge is -2.29. The summed E-state index contributed by atoms with van der Waals surface area (Å²) in [6.45, 7) is 4.07. The molecule has 1 aromatic carbocycles. The number of rotatable bonds is 5. The highest BCUT2D eigenvalue weighted by Gasteiger charge is 2.22. The van der Waals surface area contributed by atoms with Gasteiger partial charge < -0.3 is 15.4 Å². The number of amides is 1. The maximum Gasteiger partial charge on any atom is 0.227 e. The van der Waals surface area contributed by atoms with Gasteiger partial charge in [0.1, 0.15) is 0 Å². The Morgan fingerprint density at radius 1 is 1.53 bits per heavy atom. The predicted octanol–water partition coefficient (Wildman–Crippen LogP) is 2.52. The first-order valence-electron chi connectivity index (χ1n) is 6.63. The second kappa shape index (κ2) is 6.82. The van der Waals surface area contributed by atoms with Crippen molar-refractivity contribution in [2.75, 3.05) is 36.1 Å². The van der Waals surface area contributed by atoms with Crippen LogP contribution in [0, 0.1) is 0 Å². The number of nitrogen functional groups attached to an aromatic ring is 1. The summed E-state index contributed by atoms with van der Waals surface area (Å²) in [7, 11) is 0. The molecule has 1 aliphatic heterocycles. The molecule has 5 heteroatoms. The number of ether oxygens (including phenoxy) is 1. The van der Waals surface area contributed by atoms with Gasteiger partial charge in [-0.25, -0.2) is 0 Å². The Labute approximate surface area is 118 Å². The number of anilines is 2. The van der Waals surface area contributed by atoms with E-state index in [0.717, 1.165) is 29.3 Å². The number of carbonyl (C=O) groups is 1. The maximum absolute atomic E-state index is 12.3. The van der Waals surface area contributed by atoms with Crippen molar-refractivity contribution < 1.29 is 9.53 Å². The Kier molecular flexibility index (Phi) is 5.10. The average Bonchev–Trinajstić information content (AvgIpc) is 2.42. The molecule has 0 saturated heterocycles. The topological polar surface area (TPSA) is 55.6 Å². The third-order valence-corrected chi connectivity index (χ3v) is 4.07. The van der Waals surface area contributed by atoms with Gasteiger partial charge >= 0.3 is 0 Å². The van der Waals surface area contributed by atoms with Crippen molar-refractivity contribution in [1.82, 2.24) is 0 Å². The van der Waals surface area contributed by atoms with Crippen molar-refractivity contribution in [3.8, 4) is 0 Å². The summed E-state index contributed by atoms with van der Waals surface area (Å²) in [6.07, 6.45) is 1.30. The van der Waals surface area contributed by atoms with Gasteiger partial charge in [0.2, 0.25) is 5.91 Å². The summed E-state index contributed by atoms with van der Waals surface area (Å²) < 4.78 is 5.26. The lowest BCUT2D eigenvalue weighted by molar-refractivity contribution is -0.118. The molecule has 1 aromatic rings. The molecule has 0 fully saturated rings. The van der Waals surface area contributed by atoms with E-state index in [1.54, 1.807) is 11.8 Å². The maximum atomic E-state index is 12.3. The molecule has 0 aliphatic carbocycles. The second-order valence-corrected chi connectivity index (χ2v) is 5.56. The first kappa shape index (κ1) is 14.2. The van der Waals surface area contributed by atoms with Crippen LogP contribution in [-0.4, -0.2) is 31.4 Å². The molecule has 2 N–H and O–H groups in total. The van der Waals surface area contributed by atoms with E-state index in [1.165, 1.54) is 0 Å². The van der Waals surface area contributed by atoms with E-state index >= 15 is 0 Å². The predicted molar refractivity (Wildman–Crippen MR) is 79.7 cm³/mol. The van der Waals surface area contributed by atoms with Gasteiger partial charge in [0.05, 0.1) is 5.69 Å². The smallest absolute Gasteiger partial charge is 0.227 e. The number of fused-ring (bicyclic) bond motifs is 1. The van der Waals surface area contributed by atoms with Gasteiger partial charge in [-0.2, -0.15) is 0 Å². The van der Waals surface area contributed by atoms with Crippen LogP contribution in [0.15, 0.2) is 23.1 Å². The van der Waals surface area contributed by atoms with E-state index in [4.69, 9.17) is 10.5 Å². The van der Waals surface area contributed by atoms with Gasteiger partial charge in [-0.1, -0.05) is 0 Å². The van der Waals surface area contributed by atoms with Gasteiger partial charge in [0.25, 0.3) is 0 Å². The number of carbonyl (C=O) groups excluding carboxylic acids is 1. The molecule has 19 heavy (non-hydrogen) atoms. The highest BCUT2D eigenvalue weighted by Crippen LogP contribution is 2.36. The van der Waals surface area contributed by atoms with E-state index in [0.29, 0.717) is 25.3 Å². The molecule has 1 aliphatic rings. The first-order valence-corrected chi connectivity index (χ1v) is 7.61. The van der Waals surface area contributed by atoms with Gasteiger partial charge in [-0.15, -0.1) is 11.8 Å². The van der Waals surface area contributed by atoms with Crippen molar-refractivity contribution in [3.05, 3.63) is 18.2 Å². The fourth-order valence-corrected chi connectivity index (χ4v) is 3.07. The molecule has 1 amide bonds. The Morgan fingerprint density at radius 3 is 3.16 bits per heavy atom. The summed E-state index contributed by atoms with van der Waals surface area (Å²) in [4.78, 5) is 15.2. The van der Waals surface area contributed by atoms with Crippen LogP contribution in [0.25, 0.3) is 0 Å². The van der Waals surface area contributed by atoms with E-state index in [1.807, 2.05) is 30.0 Å². The fraction of sp³-hybridized carbons (Fsp3) is 0.500. The van der Waals surface area contributed by atoms with Crippen molar-refractivity contribution in [2.45, 2.75) is 24.7 Å². The highest BCUT2D eigenvalue weighted by atomic mass is 32.2. The summed E-state index contributed by atoms with van der Waals surface area (Å²) >= 11 is 1.78. The summed E-state index contributed by atoms with van der Waals surface area (Å²) in [6, 6.07) is 5.77. The van der Waals surface area contributed by atoms with Crippen molar-refractivity contribution in [2.24, 2.45) is 0 Å². The largest absolute Gasteiger partial charge is 0.399 e. The monoisotopic (exact) mass is 280 g/mol. The van der Waals surface area contributed by atoms with Gasteiger partial charge in [0, 0.05) is 42.5 Å². The number of benzene rings is 1. The number of hydrogen-bond donors (Lipinski definition) is 1. The Bertz CT molecular complexity index is 451. The molecule has 4 nitrogen and oxygen atoms in total. The van der Waals surface area contributed by atoms with Gasteiger partial charge in [-0.05, 0) is 31.5 Å². The summed E-state index contributed by atoms with van der Waals surface area (Å²) in [5, 5.41) is 0. The molecule has 1 heterocycles.